The van der Waals surface area contributed by atoms with Gasteiger partial charge in [0, 0.05) is 5.02 Å². The number of hydrogen-bond donors (Lipinski definition) is 3. The molecule has 0 radical (unpaired) electrons. The van der Waals surface area contributed by atoms with Crippen molar-refractivity contribution in [2.75, 3.05) is 0 Å². The van der Waals surface area contributed by atoms with Crippen LogP contribution in [0.15, 0.2) is 53.3 Å². The van der Waals surface area contributed by atoms with E-state index >= 15 is 0 Å². The first-order valence-electron chi connectivity index (χ1n) is 6.61. The van der Waals surface area contributed by atoms with E-state index in [0.717, 1.165) is 5.56 Å². The minimum absolute atomic E-state index is 0.277. The number of nitrogens with two attached hydrogens (primary N) is 1. The lowest BCUT2D eigenvalue weighted by Gasteiger charge is -2.07. The molecule has 110 valence electrons. The Morgan fingerprint density at radius 3 is 2.64 bits per heavy atom. The summed E-state index contributed by atoms with van der Waals surface area (Å²) < 4.78 is 0. The fraction of sp³-hybridized carbons (Fsp3) is 0. The number of rotatable bonds is 3. The summed E-state index contributed by atoms with van der Waals surface area (Å²) in [5.41, 5.74) is 5.37. The number of benzene rings is 2. The molecule has 0 saturated carbocycles. The average molecular weight is 313 g/mol. The quantitative estimate of drug-likeness (QED) is 0.512. The second kappa shape index (κ2) is 6.01. The van der Waals surface area contributed by atoms with E-state index in [4.69, 9.17) is 17.4 Å². The summed E-state index contributed by atoms with van der Waals surface area (Å²) in [5, 5.41) is 0.627. The lowest BCUT2D eigenvalue weighted by atomic mass is 10.1. The number of aromatic nitrogens is 2. The Morgan fingerprint density at radius 2 is 1.91 bits per heavy atom. The smallest absolute Gasteiger partial charge is 0.274 e. The summed E-state index contributed by atoms with van der Waals surface area (Å²) in [6.45, 7) is 0. The summed E-state index contributed by atoms with van der Waals surface area (Å²) in [4.78, 5) is 19.3. The van der Waals surface area contributed by atoms with Crippen molar-refractivity contribution in [2.45, 2.75) is 0 Å². The fourth-order valence-electron chi connectivity index (χ4n) is 2.12. The standard InChI is InChI=1S/C16H13ClN4O/c17-11-7-5-10(6-8-11)14(21-18)9-15-16(22)20-13-4-2-1-3-12(13)19-15/h1-9,21H,18H2,(H,20,22). The van der Waals surface area contributed by atoms with Gasteiger partial charge >= 0.3 is 0 Å². The van der Waals surface area contributed by atoms with Gasteiger partial charge < -0.3 is 10.4 Å². The van der Waals surface area contributed by atoms with Crippen molar-refractivity contribution in [1.82, 2.24) is 15.4 Å². The van der Waals surface area contributed by atoms with Gasteiger partial charge in [-0.05, 0) is 35.9 Å². The highest BCUT2D eigenvalue weighted by molar-refractivity contribution is 6.30. The van der Waals surface area contributed by atoms with E-state index in [1.807, 2.05) is 30.3 Å². The van der Waals surface area contributed by atoms with E-state index in [2.05, 4.69) is 15.4 Å². The molecule has 3 rings (SSSR count). The third kappa shape index (κ3) is 2.86. The number of nitrogens with one attached hydrogen (secondary N) is 2. The highest BCUT2D eigenvalue weighted by atomic mass is 35.5. The van der Waals surface area contributed by atoms with Crippen LogP contribution in [0, 0.1) is 0 Å². The first kappa shape index (κ1) is 14.3. The van der Waals surface area contributed by atoms with Crippen LogP contribution in [0.3, 0.4) is 0 Å². The van der Waals surface area contributed by atoms with Gasteiger partial charge in [-0.15, -0.1) is 0 Å². The predicted molar refractivity (Wildman–Crippen MR) is 89.0 cm³/mol. The summed E-state index contributed by atoms with van der Waals surface area (Å²) in [6, 6.07) is 14.5. The third-order valence-corrected chi connectivity index (χ3v) is 3.47. The molecular formula is C16H13ClN4O. The van der Waals surface area contributed by atoms with Crippen molar-refractivity contribution in [3.05, 3.63) is 75.2 Å². The van der Waals surface area contributed by atoms with E-state index < -0.39 is 0 Å². The first-order chi connectivity index (χ1) is 10.7. The summed E-state index contributed by atoms with van der Waals surface area (Å²) >= 11 is 5.87. The van der Waals surface area contributed by atoms with Gasteiger partial charge in [0.15, 0.2) is 0 Å². The topological polar surface area (TPSA) is 83.8 Å². The van der Waals surface area contributed by atoms with Crippen LogP contribution in [-0.4, -0.2) is 9.97 Å². The number of H-pyrrole nitrogens is 1. The molecule has 0 atom stereocenters. The van der Waals surface area contributed by atoms with Gasteiger partial charge in [0.1, 0.15) is 5.69 Å². The third-order valence-electron chi connectivity index (χ3n) is 3.22. The van der Waals surface area contributed by atoms with Crippen molar-refractivity contribution in [3.63, 3.8) is 0 Å². The minimum Gasteiger partial charge on any atom is -0.323 e. The summed E-state index contributed by atoms with van der Waals surface area (Å²) in [6.07, 6.45) is 1.61. The average Bonchev–Trinajstić information content (AvgIpc) is 2.54. The van der Waals surface area contributed by atoms with Crippen LogP contribution in [0.4, 0.5) is 0 Å². The van der Waals surface area contributed by atoms with Gasteiger partial charge in [-0.25, -0.2) is 4.98 Å². The molecule has 0 fully saturated rings. The highest BCUT2D eigenvalue weighted by Gasteiger charge is 2.06. The SMILES string of the molecule is NNC(=Cc1nc2ccccc2[nH]c1=O)c1ccc(Cl)cc1. The number of halogens is 1. The van der Waals surface area contributed by atoms with Crippen LogP contribution in [0.25, 0.3) is 22.8 Å². The van der Waals surface area contributed by atoms with Gasteiger partial charge in [0.05, 0.1) is 16.7 Å². The van der Waals surface area contributed by atoms with Gasteiger partial charge in [-0.2, -0.15) is 0 Å². The van der Waals surface area contributed by atoms with Gasteiger partial charge in [-0.3, -0.25) is 10.6 Å². The number of hydrogen-bond acceptors (Lipinski definition) is 4. The Balaban J connectivity index is 2.10. The molecule has 4 N–H and O–H groups in total. The number of nitrogens with zero attached hydrogens (tertiary/aromatic N) is 1. The molecule has 2 aromatic carbocycles. The van der Waals surface area contributed by atoms with Crippen molar-refractivity contribution in [2.24, 2.45) is 5.84 Å². The Kier molecular flexibility index (Phi) is 3.91. The molecule has 0 unspecified atom stereocenters. The van der Waals surface area contributed by atoms with E-state index in [1.54, 1.807) is 24.3 Å². The number of para-hydroxylation sites is 2. The van der Waals surface area contributed by atoms with Gasteiger partial charge in [0.25, 0.3) is 5.56 Å². The Labute approximate surface area is 131 Å². The first-order valence-corrected chi connectivity index (χ1v) is 6.98. The minimum atomic E-state index is -0.277. The van der Waals surface area contributed by atoms with Crippen LogP contribution in [-0.2, 0) is 0 Å². The summed E-state index contributed by atoms with van der Waals surface area (Å²) in [5.74, 6) is 5.56. The molecule has 1 aromatic heterocycles. The Morgan fingerprint density at radius 1 is 1.18 bits per heavy atom. The maximum absolute atomic E-state index is 12.1. The maximum Gasteiger partial charge on any atom is 0.274 e. The summed E-state index contributed by atoms with van der Waals surface area (Å²) in [7, 11) is 0. The molecular weight excluding hydrogens is 300 g/mol. The number of aromatic amines is 1. The normalized spacial score (nSPS) is 11.6. The molecule has 0 amide bonds. The van der Waals surface area contributed by atoms with Crippen molar-refractivity contribution >= 4 is 34.4 Å². The molecule has 0 bridgehead atoms. The van der Waals surface area contributed by atoms with Crippen LogP contribution in [0.5, 0.6) is 0 Å². The highest BCUT2D eigenvalue weighted by Crippen LogP contribution is 2.17. The van der Waals surface area contributed by atoms with Crippen molar-refractivity contribution in [3.8, 4) is 0 Å². The molecule has 1 heterocycles. The lowest BCUT2D eigenvalue weighted by molar-refractivity contribution is 0.995. The number of fused-ring (bicyclic) bond motifs is 1. The second-order valence-electron chi connectivity index (χ2n) is 4.68. The monoisotopic (exact) mass is 312 g/mol. The molecule has 0 aliphatic heterocycles. The van der Waals surface area contributed by atoms with E-state index in [9.17, 15) is 4.79 Å². The molecule has 0 spiro atoms. The van der Waals surface area contributed by atoms with Crippen LogP contribution < -0.4 is 16.8 Å². The molecule has 0 aliphatic carbocycles. The zero-order chi connectivity index (χ0) is 15.5. The molecule has 3 aromatic rings. The van der Waals surface area contributed by atoms with E-state index in [-0.39, 0.29) is 11.3 Å². The molecule has 22 heavy (non-hydrogen) atoms. The van der Waals surface area contributed by atoms with Crippen LogP contribution >= 0.6 is 11.6 Å². The van der Waals surface area contributed by atoms with Gasteiger partial charge in [-0.1, -0.05) is 35.9 Å². The molecule has 5 nitrogen and oxygen atoms in total. The maximum atomic E-state index is 12.1. The predicted octanol–water partition coefficient (Wildman–Crippen LogP) is 2.54. The van der Waals surface area contributed by atoms with E-state index in [0.29, 0.717) is 21.8 Å². The Bertz CT molecular complexity index is 900. The van der Waals surface area contributed by atoms with Crippen LogP contribution in [0.1, 0.15) is 11.3 Å². The second-order valence-corrected chi connectivity index (χ2v) is 5.11. The van der Waals surface area contributed by atoms with E-state index in [1.165, 1.54) is 0 Å². The largest absolute Gasteiger partial charge is 0.323 e. The lowest BCUT2D eigenvalue weighted by Crippen LogP contribution is -2.21. The molecule has 0 aliphatic rings. The van der Waals surface area contributed by atoms with Crippen molar-refractivity contribution < 1.29 is 0 Å². The fourth-order valence-corrected chi connectivity index (χ4v) is 2.24. The van der Waals surface area contributed by atoms with Crippen molar-refractivity contribution in [1.29, 1.82) is 0 Å². The zero-order valence-corrected chi connectivity index (χ0v) is 12.3. The van der Waals surface area contributed by atoms with Gasteiger partial charge in [0.2, 0.25) is 0 Å². The zero-order valence-electron chi connectivity index (χ0n) is 11.5. The number of hydrazine groups is 1. The van der Waals surface area contributed by atoms with Crippen LogP contribution in [0.2, 0.25) is 5.02 Å². The molecule has 0 saturated heterocycles. The molecule has 6 heteroatoms. The Hall–Kier alpha value is -2.63.